The Morgan fingerprint density at radius 1 is 1.38 bits per heavy atom. The van der Waals surface area contributed by atoms with E-state index in [1.165, 1.54) is 23.3 Å². The normalized spacial score (nSPS) is 18.7. The van der Waals surface area contributed by atoms with E-state index < -0.39 is 0 Å². The second-order valence-electron chi connectivity index (χ2n) is 6.59. The van der Waals surface area contributed by atoms with Gasteiger partial charge in [0, 0.05) is 35.9 Å². The second-order valence-corrected chi connectivity index (χ2v) is 7.42. The summed E-state index contributed by atoms with van der Waals surface area (Å²) in [6.07, 6.45) is 6.33. The van der Waals surface area contributed by atoms with Crippen LogP contribution in [0.25, 0.3) is 4.96 Å². The highest BCUT2D eigenvalue weighted by atomic mass is 32.1. The molecule has 0 amide bonds. The number of rotatable bonds is 4. The smallest absolute Gasteiger partial charge is 0.259 e. The molecule has 0 saturated carbocycles. The van der Waals surface area contributed by atoms with Crippen molar-refractivity contribution in [1.29, 1.82) is 0 Å². The first-order chi connectivity index (χ1) is 11.6. The zero-order chi connectivity index (χ0) is 16.7. The molecule has 7 heteroatoms. The van der Waals surface area contributed by atoms with Gasteiger partial charge in [0.05, 0.1) is 18.4 Å². The molecule has 0 spiro atoms. The van der Waals surface area contributed by atoms with Crippen LogP contribution in [0.5, 0.6) is 0 Å². The van der Waals surface area contributed by atoms with E-state index in [1.807, 2.05) is 23.2 Å². The van der Waals surface area contributed by atoms with E-state index in [9.17, 15) is 4.79 Å². The van der Waals surface area contributed by atoms with Crippen molar-refractivity contribution in [1.82, 2.24) is 24.1 Å². The highest BCUT2D eigenvalue weighted by Gasteiger charge is 2.25. The molecule has 126 valence electrons. The highest BCUT2D eigenvalue weighted by Crippen LogP contribution is 2.21. The van der Waals surface area contributed by atoms with Crippen LogP contribution in [0.2, 0.25) is 0 Å². The number of hydrogen-bond donors (Lipinski definition) is 0. The number of hydrogen-bond acceptors (Lipinski definition) is 5. The van der Waals surface area contributed by atoms with Crippen molar-refractivity contribution in [3.05, 3.63) is 51.1 Å². The Kier molecular flexibility index (Phi) is 3.97. The minimum Gasteiger partial charge on any atom is -0.293 e. The fourth-order valence-corrected chi connectivity index (χ4v) is 4.37. The lowest BCUT2D eigenvalue weighted by Gasteiger charge is -2.24. The lowest BCUT2D eigenvalue weighted by Crippen LogP contribution is -2.33. The Bertz CT molecular complexity index is 925. The predicted octanol–water partition coefficient (Wildman–Crippen LogP) is 2.23. The summed E-state index contributed by atoms with van der Waals surface area (Å²) in [5.41, 5.74) is 3.03. The molecule has 1 saturated heterocycles. The summed E-state index contributed by atoms with van der Waals surface area (Å²) in [6.45, 7) is 6.68. The monoisotopic (exact) mass is 343 g/mol. The number of nitrogens with zero attached hydrogens (tertiary/aromatic N) is 5. The molecule has 1 aliphatic heterocycles. The maximum Gasteiger partial charge on any atom is 0.259 e. The van der Waals surface area contributed by atoms with Gasteiger partial charge in [-0.25, -0.2) is 4.98 Å². The van der Waals surface area contributed by atoms with Crippen LogP contribution in [0.4, 0.5) is 0 Å². The standard InChI is InChI=1S/C17H21N5OS/c1-12-7-18-21(8-12)10-15-4-3-5-20(15)9-14-6-16(23)22-13(2)11-24-17(22)19-14/h6-8,11,15H,3-5,9-10H2,1-2H3. The SMILES string of the molecule is Cc1cnn(CC2CCCN2Cc2cc(=O)n3c(C)csc3n2)c1. The van der Waals surface area contributed by atoms with Gasteiger partial charge in [-0.1, -0.05) is 0 Å². The molecule has 24 heavy (non-hydrogen) atoms. The number of thiazole rings is 1. The van der Waals surface area contributed by atoms with Crippen LogP contribution in [0.3, 0.4) is 0 Å². The van der Waals surface area contributed by atoms with Crippen LogP contribution < -0.4 is 5.56 Å². The Morgan fingerprint density at radius 3 is 3.04 bits per heavy atom. The van der Waals surface area contributed by atoms with Gasteiger partial charge in [0.2, 0.25) is 0 Å². The van der Waals surface area contributed by atoms with Crippen molar-refractivity contribution in [2.24, 2.45) is 0 Å². The van der Waals surface area contributed by atoms with E-state index in [0.717, 1.165) is 42.4 Å². The van der Waals surface area contributed by atoms with E-state index in [-0.39, 0.29) is 5.56 Å². The number of aryl methyl sites for hydroxylation is 2. The van der Waals surface area contributed by atoms with Crippen molar-refractivity contribution in [3.63, 3.8) is 0 Å². The second kappa shape index (κ2) is 6.14. The molecular weight excluding hydrogens is 322 g/mol. The summed E-state index contributed by atoms with van der Waals surface area (Å²) in [6, 6.07) is 2.13. The molecule has 6 nitrogen and oxygen atoms in total. The molecule has 4 heterocycles. The molecule has 0 N–H and O–H groups in total. The molecule has 4 rings (SSSR count). The van der Waals surface area contributed by atoms with Crippen molar-refractivity contribution in [2.45, 2.75) is 45.8 Å². The average Bonchev–Trinajstić information content (AvgIpc) is 3.23. The summed E-state index contributed by atoms with van der Waals surface area (Å²) in [4.78, 5) is 20.2. The zero-order valence-corrected chi connectivity index (χ0v) is 14.8. The van der Waals surface area contributed by atoms with E-state index in [1.54, 1.807) is 10.5 Å². The van der Waals surface area contributed by atoms with Gasteiger partial charge in [-0.15, -0.1) is 11.3 Å². The van der Waals surface area contributed by atoms with Crippen molar-refractivity contribution in [2.75, 3.05) is 6.54 Å². The van der Waals surface area contributed by atoms with Gasteiger partial charge in [-0.3, -0.25) is 18.8 Å². The minimum atomic E-state index is 0.0206. The van der Waals surface area contributed by atoms with Crippen LogP contribution in [-0.4, -0.2) is 36.7 Å². The Hall–Kier alpha value is -1.99. The Balaban J connectivity index is 1.54. The number of aromatic nitrogens is 4. The van der Waals surface area contributed by atoms with Gasteiger partial charge in [0.25, 0.3) is 5.56 Å². The van der Waals surface area contributed by atoms with Gasteiger partial charge in [0.15, 0.2) is 4.96 Å². The number of fused-ring (bicyclic) bond motifs is 1. The Labute approximate surface area is 144 Å². The van der Waals surface area contributed by atoms with Crippen molar-refractivity contribution < 1.29 is 0 Å². The molecule has 1 unspecified atom stereocenters. The van der Waals surface area contributed by atoms with Gasteiger partial charge >= 0.3 is 0 Å². The lowest BCUT2D eigenvalue weighted by molar-refractivity contribution is 0.217. The molecule has 3 aromatic rings. The van der Waals surface area contributed by atoms with Crippen LogP contribution in [0.1, 0.15) is 29.8 Å². The van der Waals surface area contributed by atoms with Crippen LogP contribution in [-0.2, 0) is 13.1 Å². The first kappa shape index (κ1) is 15.5. The van der Waals surface area contributed by atoms with Crippen LogP contribution in [0, 0.1) is 13.8 Å². The fraction of sp³-hybridized carbons (Fsp3) is 0.471. The average molecular weight is 343 g/mol. The molecule has 1 fully saturated rings. The molecule has 0 aliphatic carbocycles. The van der Waals surface area contributed by atoms with E-state index in [2.05, 4.69) is 28.1 Å². The predicted molar refractivity (Wildman–Crippen MR) is 94.5 cm³/mol. The van der Waals surface area contributed by atoms with E-state index in [0.29, 0.717) is 6.04 Å². The van der Waals surface area contributed by atoms with E-state index >= 15 is 0 Å². The number of likely N-dealkylation sites (tertiary alicyclic amines) is 1. The largest absolute Gasteiger partial charge is 0.293 e. The lowest BCUT2D eigenvalue weighted by atomic mass is 10.2. The maximum atomic E-state index is 12.3. The molecule has 3 aromatic heterocycles. The summed E-state index contributed by atoms with van der Waals surface area (Å²) in [5, 5.41) is 6.38. The molecule has 1 aliphatic rings. The molecule has 0 radical (unpaired) electrons. The summed E-state index contributed by atoms with van der Waals surface area (Å²) in [5.74, 6) is 0. The quantitative estimate of drug-likeness (QED) is 0.729. The van der Waals surface area contributed by atoms with Gasteiger partial charge < -0.3 is 0 Å². The first-order valence-corrected chi connectivity index (χ1v) is 9.18. The zero-order valence-electron chi connectivity index (χ0n) is 14.0. The summed E-state index contributed by atoms with van der Waals surface area (Å²) < 4.78 is 3.70. The topological polar surface area (TPSA) is 55.4 Å². The van der Waals surface area contributed by atoms with Gasteiger partial charge in [-0.05, 0) is 38.8 Å². The van der Waals surface area contributed by atoms with Crippen LogP contribution in [0.15, 0.2) is 28.6 Å². The highest BCUT2D eigenvalue weighted by molar-refractivity contribution is 7.15. The van der Waals surface area contributed by atoms with Crippen molar-refractivity contribution in [3.8, 4) is 0 Å². The third kappa shape index (κ3) is 2.89. The maximum absolute atomic E-state index is 12.3. The van der Waals surface area contributed by atoms with Gasteiger partial charge in [-0.2, -0.15) is 5.10 Å². The third-order valence-electron chi connectivity index (χ3n) is 4.65. The third-order valence-corrected chi connectivity index (χ3v) is 5.60. The van der Waals surface area contributed by atoms with Crippen molar-refractivity contribution >= 4 is 16.3 Å². The fourth-order valence-electron chi connectivity index (χ4n) is 3.48. The molecule has 1 atom stereocenters. The summed E-state index contributed by atoms with van der Waals surface area (Å²) in [7, 11) is 0. The molecule has 0 bridgehead atoms. The minimum absolute atomic E-state index is 0.0206. The van der Waals surface area contributed by atoms with Crippen LogP contribution >= 0.6 is 11.3 Å². The van der Waals surface area contributed by atoms with E-state index in [4.69, 9.17) is 0 Å². The molecule has 0 aromatic carbocycles. The summed E-state index contributed by atoms with van der Waals surface area (Å²) >= 11 is 1.53. The van der Waals surface area contributed by atoms with Gasteiger partial charge in [0.1, 0.15) is 0 Å². The Morgan fingerprint density at radius 2 is 2.25 bits per heavy atom. The first-order valence-electron chi connectivity index (χ1n) is 8.30. The molecular formula is C17H21N5OS.